The Balaban J connectivity index is 3.21. The zero-order valence-electron chi connectivity index (χ0n) is 9.81. The van der Waals surface area contributed by atoms with Crippen LogP contribution in [0.1, 0.15) is 58.3 Å². The summed E-state index contributed by atoms with van der Waals surface area (Å²) in [5, 5.41) is 3.26. The molecule has 14 heavy (non-hydrogen) atoms. The second-order valence-corrected chi connectivity index (χ2v) is 3.95. The van der Waals surface area contributed by atoms with Crippen LogP contribution in [-0.2, 0) is 0 Å². The molecule has 0 heterocycles. The van der Waals surface area contributed by atoms with Gasteiger partial charge in [0.15, 0.2) is 0 Å². The highest BCUT2D eigenvalue weighted by Gasteiger charge is 2.02. The fraction of sp³-hybridized carbons (Fsp3) is 0.846. The van der Waals surface area contributed by atoms with Gasteiger partial charge >= 0.3 is 0 Å². The van der Waals surface area contributed by atoms with E-state index >= 15 is 0 Å². The predicted octanol–water partition coefficient (Wildman–Crippen LogP) is 3.35. The molecule has 1 heteroatoms. The molecule has 0 aromatic rings. The zero-order chi connectivity index (χ0) is 10.6. The van der Waals surface area contributed by atoms with Crippen molar-refractivity contribution in [3.63, 3.8) is 0 Å². The molecular formula is C13H25N. The minimum Gasteiger partial charge on any atom is -0.316 e. The van der Waals surface area contributed by atoms with Gasteiger partial charge in [-0.3, -0.25) is 0 Å². The standard InChI is InChI=1S/C13H25N/c1-4-6-7-8-9-10-12-13(14-3)11-5-2/h2,13-14H,4,6-12H2,1,3H3. The van der Waals surface area contributed by atoms with Crippen molar-refractivity contribution >= 4 is 0 Å². The first-order chi connectivity index (χ1) is 6.85. The molecule has 0 aliphatic heterocycles. The van der Waals surface area contributed by atoms with E-state index in [0.29, 0.717) is 6.04 Å². The Kier molecular flexibility index (Phi) is 10.2. The van der Waals surface area contributed by atoms with E-state index in [9.17, 15) is 0 Å². The van der Waals surface area contributed by atoms with Gasteiger partial charge in [0.05, 0.1) is 0 Å². The van der Waals surface area contributed by atoms with Gasteiger partial charge in [-0.2, -0.15) is 0 Å². The maximum Gasteiger partial charge on any atom is 0.0240 e. The van der Waals surface area contributed by atoms with E-state index in [-0.39, 0.29) is 0 Å². The van der Waals surface area contributed by atoms with E-state index in [2.05, 4.69) is 18.2 Å². The van der Waals surface area contributed by atoms with Crippen molar-refractivity contribution < 1.29 is 0 Å². The summed E-state index contributed by atoms with van der Waals surface area (Å²) in [5.41, 5.74) is 0. The molecule has 0 saturated carbocycles. The Hall–Kier alpha value is -0.480. The van der Waals surface area contributed by atoms with Crippen LogP contribution in [0.3, 0.4) is 0 Å². The molecule has 0 aromatic heterocycles. The van der Waals surface area contributed by atoms with E-state index in [1.807, 2.05) is 7.05 Å². The summed E-state index contributed by atoms with van der Waals surface area (Å²) in [4.78, 5) is 0. The zero-order valence-corrected chi connectivity index (χ0v) is 9.81. The highest BCUT2D eigenvalue weighted by atomic mass is 14.9. The van der Waals surface area contributed by atoms with Gasteiger partial charge in [-0.1, -0.05) is 45.4 Å². The van der Waals surface area contributed by atoms with Crippen LogP contribution in [0.15, 0.2) is 0 Å². The van der Waals surface area contributed by atoms with E-state index in [1.165, 1.54) is 44.9 Å². The molecule has 0 aromatic carbocycles. The summed E-state index contributed by atoms with van der Waals surface area (Å²) in [6, 6.07) is 0.533. The Labute approximate surface area is 89.7 Å². The third-order valence-corrected chi connectivity index (χ3v) is 2.68. The average Bonchev–Trinajstić information content (AvgIpc) is 2.21. The summed E-state index contributed by atoms with van der Waals surface area (Å²) in [6.07, 6.45) is 15.6. The van der Waals surface area contributed by atoms with Gasteiger partial charge < -0.3 is 5.32 Å². The minimum absolute atomic E-state index is 0.533. The molecule has 1 nitrogen and oxygen atoms in total. The van der Waals surface area contributed by atoms with Crippen molar-refractivity contribution in [2.75, 3.05) is 7.05 Å². The van der Waals surface area contributed by atoms with Gasteiger partial charge in [-0.05, 0) is 13.5 Å². The van der Waals surface area contributed by atoms with Crippen LogP contribution in [-0.4, -0.2) is 13.1 Å². The lowest BCUT2D eigenvalue weighted by Gasteiger charge is -2.12. The van der Waals surface area contributed by atoms with E-state index in [1.54, 1.807) is 0 Å². The van der Waals surface area contributed by atoms with Crippen LogP contribution in [0, 0.1) is 12.3 Å². The molecule has 0 saturated heterocycles. The molecule has 82 valence electrons. The molecule has 0 spiro atoms. The maximum atomic E-state index is 5.28. The van der Waals surface area contributed by atoms with Crippen molar-refractivity contribution in [3.8, 4) is 12.3 Å². The summed E-state index contributed by atoms with van der Waals surface area (Å²) >= 11 is 0. The lowest BCUT2D eigenvalue weighted by Crippen LogP contribution is -2.24. The normalized spacial score (nSPS) is 12.4. The average molecular weight is 195 g/mol. The van der Waals surface area contributed by atoms with Crippen molar-refractivity contribution in [3.05, 3.63) is 0 Å². The van der Waals surface area contributed by atoms with Gasteiger partial charge in [0.2, 0.25) is 0 Å². The number of unbranched alkanes of at least 4 members (excludes halogenated alkanes) is 5. The molecule has 0 bridgehead atoms. The number of rotatable bonds is 9. The van der Waals surface area contributed by atoms with Crippen LogP contribution in [0.2, 0.25) is 0 Å². The Morgan fingerprint density at radius 3 is 2.36 bits per heavy atom. The molecule has 1 atom stereocenters. The monoisotopic (exact) mass is 195 g/mol. The molecule has 0 aliphatic rings. The van der Waals surface area contributed by atoms with Crippen molar-refractivity contribution in [2.45, 2.75) is 64.3 Å². The molecule has 1 unspecified atom stereocenters. The first-order valence-corrected chi connectivity index (χ1v) is 5.95. The van der Waals surface area contributed by atoms with Crippen LogP contribution in [0.5, 0.6) is 0 Å². The fourth-order valence-corrected chi connectivity index (χ4v) is 1.66. The molecular weight excluding hydrogens is 170 g/mol. The topological polar surface area (TPSA) is 12.0 Å². The molecule has 1 N–H and O–H groups in total. The second kappa shape index (κ2) is 10.6. The van der Waals surface area contributed by atoms with Gasteiger partial charge in [-0.15, -0.1) is 12.3 Å². The van der Waals surface area contributed by atoms with Crippen LogP contribution in [0.25, 0.3) is 0 Å². The fourth-order valence-electron chi connectivity index (χ4n) is 1.66. The van der Waals surface area contributed by atoms with Crippen molar-refractivity contribution in [1.82, 2.24) is 5.32 Å². The quantitative estimate of drug-likeness (QED) is 0.439. The highest BCUT2D eigenvalue weighted by molar-refractivity contribution is 4.89. The van der Waals surface area contributed by atoms with E-state index in [0.717, 1.165) is 6.42 Å². The third kappa shape index (κ3) is 8.13. The lowest BCUT2D eigenvalue weighted by molar-refractivity contribution is 0.489. The SMILES string of the molecule is C#CCC(CCCCCCCC)NC. The second-order valence-electron chi connectivity index (χ2n) is 3.95. The van der Waals surface area contributed by atoms with Gasteiger partial charge in [-0.25, -0.2) is 0 Å². The van der Waals surface area contributed by atoms with Gasteiger partial charge in [0, 0.05) is 12.5 Å². The lowest BCUT2D eigenvalue weighted by atomic mass is 10.0. The van der Waals surface area contributed by atoms with Crippen LogP contribution < -0.4 is 5.32 Å². The van der Waals surface area contributed by atoms with Crippen LogP contribution in [0.4, 0.5) is 0 Å². The summed E-state index contributed by atoms with van der Waals surface area (Å²) in [7, 11) is 2.00. The number of nitrogens with one attached hydrogen (secondary N) is 1. The smallest absolute Gasteiger partial charge is 0.0240 e. The number of hydrogen-bond acceptors (Lipinski definition) is 1. The van der Waals surface area contributed by atoms with Crippen molar-refractivity contribution in [2.24, 2.45) is 0 Å². The molecule has 0 aliphatic carbocycles. The minimum atomic E-state index is 0.533. The number of terminal acetylenes is 1. The van der Waals surface area contributed by atoms with E-state index in [4.69, 9.17) is 6.42 Å². The maximum absolute atomic E-state index is 5.28. The highest BCUT2D eigenvalue weighted by Crippen LogP contribution is 2.09. The predicted molar refractivity (Wildman–Crippen MR) is 64.3 cm³/mol. The van der Waals surface area contributed by atoms with Gasteiger partial charge in [0.25, 0.3) is 0 Å². The Morgan fingerprint density at radius 2 is 1.79 bits per heavy atom. The van der Waals surface area contributed by atoms with Gasteiger partial charge in [0.1, 0.15) is 0 Å². The molecule has 0 radical (unpaired) electrons. The summed E-state index contributed by atoms with van der Waals surface area (Å²) < 4.78 is 0. The van der Waals surface area contributed by atoms with Crippen LogP contribution >= 0.6 is 0 Å². The van der Waals surface area contributed by atoms with Crippen molar-refractivity contribution in [1.29, 1.82) is 0 Å². The third-order valence-electron chi connectivity index (χ3n) is 2.68. The first kappa shape index (κ1) is 13.5. The summed E-state index contributed by atoms with van der Waals surface area (Å²) in [5.74, 6) is 2.72. The molecule has 0 fully saturated rings. The largest absolute Gasteiger partial charge is 0.316 e. The number of hydrogen-bond donors (Lipinski definition) is 1. The Morgan fingerprint density at radius 1 is 1.14 bits per heavy atom. The summed E-state index contributed by atoms with van der Waals surface area (Å²) in [6.45, 7) is 2.25. The Bertz CT molecular complexity index is 146. The van der Waals surface area contributed by atoms with E-state index < -0.39 is 0 Å². The first-order valence-electron chi connectivity index (χ1n) is 5.95. The molecule has 0 rings (SSSR count). The molecule has 0 amide bonds.